The summed E-state index contributed by atoms with van der Waals surface area (Å²) in [6.07, 6.45) is 0. The summed E-state index contributed by atoms with van der Waals surface area (Å²) in [5.41, 5.74) is -0.333. The van der Waals surface area contributed by atoms with Crippen LogP contribution < -0.4 is 5.32 Å². The van der Waals surface area contributed by atoms with Crippen molar-refractivity contribution in [3.63, 3.8) is 0 Å². The number of hydrogen-bond donors (Lipinski definition) is 4. The number of carbonyl (C=O) groups is 2. The Balaban J connectivity index is 2.17. The fraction of sp³-hybridized carbons (Fsp3) is 0.154. The van der Waals surface area contributed by atoms with E-state index in [-0.39, 0.29) is 22.8 Å². The highest BCUT2D eigenvalue weighted by Gasteiger charge is 2.20. The number of carbonyl (C=O) groups excluding carboxylic acids is 1. The van der Waals surface area contributed by atoms with Gasteiger partial charge < -0.3 is 20.6 Å². The molecule has 8 heteroatoms. The quantitative estimate of drug-likeness (QED) is 0.683. The van der Waals surface area contributed by atoms with E-state index in [1.54, 1.807) is 6.92 Å². The molecule has 2 rings (SSSR count). The number of hydrogen-bond acceptors (Lipinski definition) is 6. The van der Waals surface area contributed by atoms with Gasteiger partial charge in [-0.1, -0.05) is 6.07 Å². The summed E-state index contributed by atoms with van der Waals surface area (Å²) >= 11 is 1.10. The van der Waals surface area contributed by atoms with Crippen LogP contribution in [0.2, 0.25) is 0 Å². The zero-order valence-corrected chi connectivity index (χ0v) is 11.7. The highest BCUT2D eigenvalue weighted by Crippen LogP contribution is 2.27. The maximum Gasteiger partial charge on any atom is 0.355 e. The molecule has 0 saturated carbocycles. The molecule has 1 atom stereocenters. The van der Waals surface area contributed by atoms with Crippen LogP contribution in [0.15, 0.2) is 23.6 Å². The summed E-state index contributed by atoms with van der Waals surface area (Å²) in [4.78, 5) is 26.7. The molecule has 1 unspecified atom stereocenters. The first kappa shape index (κ1) is 14.8. The first-order valence-corrected chi connectivity index (χ1v) is 6.78. The average Bonchev–Trinajstić information content (AvgIpc) is 2.88. The second-order valence-electron chi connectivity index (χ2n) is 4.24. The molecule has 1 aromatic carbocycles. The van der Waals surface area contributed by atoms with Crippen LogP contribution in [0.25, 0.3) is 0 Å². The van der Waals surface area contributed by atoms with Gasteiger partial charge in [0.2, 0.25) is 0 Å². The molecule has 2 aromatic rings. The molecule has 1 aromatic heterocycles. The van der Waals surface area contributed by atoms with E-state index in [9.17, 15) is 19.8 Å². The summed E-state index contributed by atoms with van der Waals surface area (Å²) in [5.74, 6) is -2.50. The lowest BCUT2D eigenvalue weighted by atomic mass is 10.1. The number of aromatic carboxylic acids is 1. The van der Waals surface area contributed by atoms with Gasteiger partial charge in [-0.15, -0.1) is 11.3 Å². The number of phenols is 2. The Kier molecular flexibility index (Phi) is 4.08. The Morgan fingerprint density at radius 1 is 1.29 bits per heavy atom. The predicted octanol–water partition coefficient (Wildman–Crippen LogP) is 1.74. The van der Waals surface area contributed by atoms with Crippen molar-refractivity contribution in [3.8, 4) is 11.5 Å². The number of nitrogens with one attached hydrogen (secondary N) is 1. The van der Waals surface area contributed by atoms with E-state index >= 15 is 0 Å². The van der Waals surface area contributed by atoms with Gasteiger partial charge in [0.1, 0.15) is 22.1 Å². The zero-order valence-electron chi connectivity index (χ0n) is 10.9. The number of aromatic hydroxyl groups is 2. The van der Waals surface area contributed by atoms with E-state index in [2.05, 4.69) is 10.3 Å². The summed E-state index contributed by atoms with van der Waals surface area (Å²) in [6, 6.07) is 3.41. The van der Waals surface area contributed by atoms with Crippen molar-refractivity contribution in [1.82, 2.24) is 10.3 Å². The van der Waals surface area contributed by atoms with Crippen LogP contribution in [-0.2, 0) is 0 Å². The highest BCUT2D eigenvalue weighted by atomic mass is 32.1. The fourth-order valence-electron chi connectivity index (χ4n) is 1.68. The zero-order chi connectivity index (χ0) is 15.6. The van der Waals surface area contributed by atoms with Gasteiger partial charge in [-0.3, -0.25) is 4.79 Å². The molecule has 0 fully saturated rings. The number of benzene rings is 1. The summed E-state index contributed by atoms with van der Waals surface area (Å²) < 4.78 is 0. The van der Waals surface area contributed by atoms with Crippen molar-refractivity contribution < 1.29 is 24.9 Å². The summed E-state index contributed by atoms with van der Waals surface area (Å²) in [7, 11) is 0. The van der Waals surface area contributed by atoms with Crippen LogP contribution in [0.4, 0.5) is 0 Å². The minimum atomic E-state index is -1.14. The number of aromatic nitrogens is 1. The van der Waals surface area contributed by atoms with Crippen LogP contribution >= 0.6 is 11.3 Å². The van der Waals surface area contributed by atoms with Crippen LogP contribution in [0.5, 0.6) is 11.5 Å². The lowest BCUT2D eigenvalue weighted by Crippen LogP contribution is -2.26. The highest BCUT2D eigenvalue weighted by molar-refractivity contribution is 7.09. The van der Waals surface area contributed by atoms with Crippen molar-refractivity contribution in [2.45, 2.75) is 13.0 Å². The van der Waals surface area contributed by atoms with Gasteiger partial charge in [0.25, 0.3) is 5.91 Å². The molecule has 0 aliphatic rings. The van der Waals surface area contributed by atoms with Gasteiger partial charge in [-0.25, -0.2) is 9.78 Å². The van der Waals surface area contributed by atoms with E-state index in [1.807, 2.05) is 0 Å². The Hall–Kier alpha value is -2.61. The number of carboxylic acids is 1. The Labute approximate surface area is 123 Å². The van der Waals surface area contributed by atoms with Crippen molar-refractivity contribution >= 4 is 23.2 Å². The van der Waals surface area contributed by atoms with Crippen LogP contribution in [0, 0.1) is 0 Å². The minimum absolute atomic E-state index is 0.0958. The molecule has 0 bridgehead atoms. The first-order chi connectivity index (χ1) is 9.90. The number of rotatable bonds is 4. The van der Waals surface area contributed by atoms with Crippen molar-refractivity contribution in [1.29, 1.82) is 0 Å². The molecule has 1 heterocycles. The number of amides is 1. The lowest BCUT2D eigenvalue weighted by molar-refractivity contribution is 0.0691. The lowest BCUT2D eigenvalue weighted by Gasteiger charge is -2.12. The molecule has 0 aliphatic heterocycles. The van der Waals surface area contributed by atoms with Crippen molar-refractivity contribution in [3.05, 3.63) is 39.8 Å². The Bertz CT molecular complexity index is 677. The maximum atomic E-state index is 12.0. The first-order valence-electron chi connectivity index (χ1n) is 5.90. The number of carboxylic acid groups (broad SMARTS) is 1. The number of nitrogens with zero attached hydrogens (tertiary/aromatic N) is 1. The molecule has 0 aliphatic carbocycles. The SMILES string of the molecule is CC(NC(=O)c1c(O)cccc1O)c1nc(C(=O)O)cs1. The van der Waals surface area contributed by atoms with E-state index in [1.165, 1.54) is 23.6 Å². The van der Waals surface area contributed by atoms with Gasteiger partial charge in [0.15, 0.2) is 5.69 Å². The topological polar surface area (TPSA) is 120 Å². The molecule has 1 amide bonds. The molecular weight excluding hydrogens is 296 g/mol. The van der Waals surface area contributed by atoms with Gasteiger partial charge in [0.05, 0.1) is 6.04 Å². The van der Waals surface area contributed by atoms with Crippen molar-refractivity contribution in [2.24, 2.45) is 0 Å². The number of phenolic OH excluding ortho intramolecular Hbond substituents is 2. The summed E-state index contributed by atoms with van der Waals surface area (Å²) in [6.45, 7) is 1.62. The van der Waals surface area contributed by atoms with Gasteiger partial charge in [0, 0.05) is 5.38 Å². The van der Waals surface area contributed by atoms with E-state index in [4.69, 9.17) is 5.11 Å². The monoisotopic (exact) mass is 308 g/mol. The van der Waals surface area contributed by atoms with Gasteiger partial charge in [-0.2, -0.15) is 0 Å². The van der Waals surface area contributed by atoms with Gasteiger partial charge >= 0.3 is 5.97 Å². The predicted molar refractivity (Wildman–Crippen MR) is 74.7 cm³/mol. The normalized spacial score (nSPS) is 11.9. The third kappa shape index (κ3) is 3.11. The molecule has 4 N–H and O–H groups in total. The largest absolute Gasteiger partial charge is 0.507 e. The molecule has 0 saturated heterocycles. The average molecular weight is 308 g/mol. The molecule has 0 spiro atoms. The third-order valence-corrected chi connectivity index (χ3v) is 3.73. The van der Waals surface area contributed by atoms with E-state index in [0.717, 1.165) is 11.3 Å². The molecule has 110 valence electrons. The molecule has 0 radical (unpaired) electrons. The summed E-state index contributed by atoms with van der Waals surface area (Å²) in [5, 5.41) is 32.4. The Morgan fingerprint density at radius 3 is 2.43 bits per heavy atom. The smallest absolute Gasteiger partial charge is 0.355 e. The fourth-order valence-corrected chi connectivity index (χ4v) is 2.48. The van der Waals surface area contributed by atoms with Crippen LogP contribution in [-0.4, -0.2) is 32.2 Å². The second kappa shape index (κ2) is 5.80. The van der Waals surface area contributed by atoms with Crippen LogP contribution in [0.1, 0.15) is 38.8 Å². The molecule has 21 heavy (non-hydrogen) atoms. The van der Waals surface area contributed by atoms with E-state index in [0.29, 0.717) is 5.01 Å². The number of thiazole rings is 1. The van der Waals surface area contributed by atoms with E-state index < -0.39 is 17.9 Å². The van der Waals surface area contributed by atoms with Crippen molar-refractivity contribution in [2.75, 3.05) is 0 Å². The van der Waals surface area contributed by atoms with Gasteiger partial charge in [-0.05, 0) is 19.1 Å². The molecule has 7 nitrogen and oxygen atoms in total. The minimum Gasteiger partial charge on any atom is -0.507 e. The third-order valence-electron chi connectivity index (χ3n) is 2.71. The second-order valence-corrected chi connectivity index (χ2v) is 5.13. The Morgan fingerprint density at radius 2 is 1.90 bits per heavy atom. The maximum absolute atomic E-state index is 12.0. The standard InChI is InChI=1S/C13H12N2O5S/c1-6(12-15-7(5-21-12)13(19)20)14-11(18)10-8(16)3-2-4-9(10)17/h2-6,16-17H,1H3,(H,14,18)(H,19,20). The van der Waals surface area contributed by atoms with Crippen LogP contribution in [0.3, 0.4) is 0 Å². The molecular formula is C13H12N2O5S.